The highest BCUT2D eigenvalue weighted by atomic mass is 32.2. The molecule has 0 aromatic rings. The fourth-order valence-corrected chi connectivity index (χ4v) is 4.39. The van der Waals surface area contributed by atoms with Crippen molar-refractivity contribution in [2.24, 2.45) is 5.41 Å². The number of ether oxygens (including phenoxy) is 1. The molecule has 3 unspecified atom stereocenters. The number of fused-ring (bicyclic) bond motifs is 2. The summed E-state index contributed by atoms with van der Waals surface area (Å²) in [6.45, 7) is 5.74. The van der Waals surface area contributed by atoms with Crippen molar-refractivity contribution in [1.29, 1.82) is 0 Å². The van der Waals surface area contributed by atoms with Crippen molar-refractivity contribution in [2.45, 2.75) is 70.3 Å². The van der Waals surface area contributed by atoms with E-state index in [1.807, 2.05) is 20.8 Å². The van der Waals surface area contributed by atoms with E-state index >= 15 is 0 Å². The summed E-state index contributed by atoms with van der Waals surface area (Å²) in [5.41, 5.74) is -0.525. The first kappa shape index (κ1) is 14.8. The zero-order valence-corrected chi connectivity index (χ0v) is 12.5. The molecule has 3 atom stereocenters. The van der Waals surface area contributed by atoms with Gasteiger partial charge in [-0.15, -0.1) is 0 Å². The predicted octanol–water partition coefficient (Wildman–Crippen LogP) is 2.01. The van der Waals surface area contributed by atoms with Crippen LogP contribution in [-0.2, 0) is 23.8 Å². The van der Waals surface area contributed by atoms with E-state index in [0.29, 0.717) is 19.3 Å². The maximum absolute atomic E-state index is 12.1. The zero-order chi connectivity index (χ0) is 14.3. The Kier molecular flexibility index (Phi) is 3.93. The average molecular weight is 290 g/mol. The lowest BCUT2D eigenvalue weighted by atomic mass is 9.87. The quantitative estimate of drug-likeness (QED) is 0.585. The molecule has 19 heavy (non-hydrogen) atoms. The van der Waals surface area contributed by atoms with Crippen molar-refractivity contribution < 1.29 is 22.1 Å². The number of carbonyl (C=O) groups is 1. The van der Waals surface area contributed by atoms with Gasteiger partial charge in [-0.1, -0.05) is 13.3 Å². The number of carbonyl (C=O) groups excluding carboxylic acids is 1. The smallest absolute Gasteiger partial charge is 0.311 e. The minimum atomic E-state index is -3.43. The number of hydrogen-bond donors (Lipinski definition) is 0. The van der Waals surface area contributed by atoms with Crippen LogP contribution in [0.4, 0.5) is 0 Å². The summed E-state index contributed by atoms with van der Waals surface area (Å²) in [6, 6.07) is 0. The van der Waals surface area contributed by atoms with Crippen LogP contribution in [0.25, 0.3) is 0 Å². The average Bonchev–Trinajstić information content (AvgIpc) is 2.54. The third kappa shape index (κ3) is 2.94. The van der Waals surface area contributed by atoms with Crippen molar-refractivity contribution in [2.75, 3.05) is 0 Å². The summed E-state index contributed by atoms with van der Waals surface area (Å²) in [7, 11) is -3.43. The van der Waals surface area contributed by atoms with Gasteiger partial charge in [-0.05, 0) is 39.5 Å². The topological polar surface area (TPSA) is 69.7 Å². The highest BCUT2D eigenvalue weighted by Crippen LogP contribution is 2.38. The SMILES string of the molecule is CCCC(C)(C)C(=O)OC1CCC2CC1OS2(=O)=O. The molecule has 0 aromatic heterocycles. The summed E-state index contributed by atoms with van der Waals surface area (Å²) in [5.74, 6) is -0.259. The third-order valence-corrected chi connectivity index (χ3v) is 5.80. The van der Waals surface area contributed by atoms with E-state index in [0.717, 1.165) is 12.8 Å². The van der Waals surface area contributed by atoms with E-state index in [4.69, 9.17) is 8.92 Å². The Hall–Kier alpha value is -0.620. The van der Waals surface area contributed by atoms with E-state index in [1.165, 1.54) is 0 Å². The van der Waals surface area contributed by atoms with Gasteiger partial charge < -0.3 is 4.74 Å². The summed E-state index contributed by atoms with van der Waals surface area (Å²) >= 11 is 0. The summed E-state index contributed by atoms with van der Waals surface area (Å²) in [6.07, 6.45) is 2.30. The van der Waals surface area contributed by atoms with E-state index < -0.39 is 33.0 Å². The van der Waals surface area contributed by atoms with Gasteiger partial charge in [-0.25, -0.2) is 0 Å². The maximum Gasteiger partial charge on any atom is 0.311 e. The number of hydrogen-bond acceptors (Lipinski definition) is 5. The van der Waals surface area contributed by atoms with Gasteiger partial charge in [0.2, 0.25) is 0 Å². The first-order valence-electron chi connectivity index (χ1n) is 6.89. The van der Waals surface area contributed by atoms with Crippen LogP contribution >= 0.6 is 0 Å². The molecule has 0 radical (unpaired) electrons. The van der Waals surface area contributed by atoms with Gasteiger partial charge in [-0.2, -0.15) is 8.42 Å². The molecule has 1 aliphatic carbocycles. The molecule has 5 nitrogen and oxygen atoms in total. The Balaban J connectivity index is 2.00. The predicted molar refractivity (Wildman–Crippen MR) is 70.0 cm³/mol. The van der Waals surface area contributed by atoms with Gasteiger partial charge in [0.15, 0.2) is 0 Å². The largest absolute Gasteiger partial charge is 0.459 e. The second-order valence-electron chi connectivity index (χ2n) is 6.14. The Labute approximate surface area is 114 Å². The van der Waals surface area contributed by atoms with Gasteiger partial charge in [0, 0.05) is 0 Å². The van der Waals surface area contributed by atoms with Crippen LogP contribution in [0, 0.1) is 5.41 Å². The molecule has 2 fully saturated rings. The maximum atomic E-state index is 12.1. The fraction of sp³-hybridized carbons (Fsp3) is 0.923. The molecule has 2 bridgehead atoms. The standard InChI is InChI=1S/C13H22O5S/c1-4-7-13(2,3)12(14)17-10-6-5-9-8-11(10)18-19(9,15)16/h9-11H,4-8H2,1-3H3. The molecule has 1 heterocycles. The second kappa shape index (κ2) is 5.05. The first-order chi connectivity index (χ1) is 8.76. The minimum Gasteiger partial charge on any atom is -0.459 e. The summed E-state index contributed by atoms with van der Waals surface area (Å²) < 4.78 is 33.8. The summed E-state index contributed by atoms with van der Waals surface area (Å²) in [5, 5.41) is -0.406. The molecule has 1 saturated carbocycles. The molecule has 0 N–H and O–H groups in total. The van der Waals surface area contributed by atoms with Gasteiger partial charge in [0.1, 0.15) is 12.2 Å². The molecule has 2 aliphatic rings. The summed E-state index contributed by atoms with van der Waals surface area (Å²) in [4.78, 5) is 12.1. The van der Waals surface area contributed by atoms with Crippen LogP contribution < -0.4 is 0 Å². The Morgan fingerprint density at radius 1 is 1.37 bits per heavy atom. The molecule has 2 rings (SSSR count). The van der Waals surface area contributed by atoms with E-state index in [2.05, 4.69) is 0 Å². The van der Waals surface area contributed by atoms with Crippen molar-refractivity contribution in [3.05, 3.63) is 0 Å². The Morgan fingerprint density at radius 2 is 2.05 bits per heavy atom. The molecule has 110 valence electrons. The lowest BCUT2D eigenvalue weighted by Gasteiger charge is -2.29. The number of rotatable bonds is 4. The van der Waals surface area contributed by atoms with Crippen molar-refractivity contribution in [3.8, 4) is 0 Å². The zero-order valence-electron chi connectivity index (χ0n) is 11.7. The van der Waals surface area contributed by atoms with Crippen molar-refractivity contribution in [3.63, 3.8) is 0 Å². The molecule has 1 saturated heterocycles. The lowest BCUT2D eigenvalue weighted by Crippen LogP contribution is -2.38. The van der Waals surface area contributed by atoms with Crippen LogP contribution in [0.2, 0.25) is 0 Å². The highest BCUT2D eigenvalue weighted by molar-refractivity contribution is 7.87. The fourth-order valence-electron chi connectivity index (χ4n) is 2.84. The van der Waals surface area contributed by atoms with Crippen LogP contribution in [0.3, 0.4) is 0 Å². The van der Waals surface area contributed by atoms with Gasteiger partial charge in [-0.3, -0.25) is 8.98 Å². The molecular formula is C13H22O5S. The van der Waals surface area contributed by atoms with E-state index in [9.17, 15) is 13.2 Å². The lowest BCUT2D eigenvalue weighted by molar-refractivity contribution is -0.165. The molecule has 0 amide bonds. The van der Waals surface area contributed by atoms with Crippen LogP contribution in [-0.4, -0.2) is 31.8 Å². The van der Waals surface area contributed by atoms with Crippen LogP contribution in [0.1, 0.15) is 52.9 Å². The van der Waals surface area contributed by atoms with E-state index in [1.54, 1.807) is 0 Å². The molecule has 0 aromatic carbocycles. The first-order valence-corrected chi connectivity index (χ1v) is 8.36. The monoisotopic (exact) mass is 290 g/mol. The highest BCUT2D eigenvalue weighted by Gasteiger charge is 2.49. The molecule has 6 heteroatoms. The third-order valence-electron chi connectivity index (χ3n) is 4.03. The van der Waals surface area contributed by atoms with Crippen molar-refractivity contribution in [1.82, 2.24) is 0 Å². The molecule has 0 spiro atoms. The van der Waals surface area contributed by atoms with Gasteiger partial charge in [0.25, 0.3) is 10.1 Å². The molecule has 1 aliphatic heterocycles. The van der Waals surface area contributed by atoms with Crippen LogP contribution in [0.5, 0.6) is 0 Å². The normalized spacial score (nSPS) is 33.1. The van der Waals surface area contributed by atoms with E-state index in [-0.39, 0.29) is 5.97 Å². The molecular weight excluding hydrogens is 268 g/mol. The Bertz CT molecular complexity index is 454. The van der Waals surface area contributed by atoms with Gasteiger partial charge >= 0.3 is 5.97 Å². The van der Waals surface area contributed by atoms with Crippen molar-refractivity contribution >= 4 is 16.1 Å². The Morgan fingerprint density at radius 3 is 2.68 bits per heavy atom. The second-order valence-corrected chi connectivity index (χ2v) is 7.98. The minimum absolute atomic E-state index is 0.259. The van der Waals surface area contributed by atoms with Gasteiger partial charge in [0.05, 0.1) is 10.7 Å². The number of esters is 1. The van der Waals surface area contributed by atoms with Crippen LogP contribution in [0.15, 0.2) is 0 Å².